The van der Waals surface area contributed by atoms with Crippen LogP contribution in [0.3, 0.4) is 0 Å². The van der Waals surface area contributed by atoms with Crippen molar-refractivity contribution in [2.75, 3.05) is 26.7 Å². The Morgan fingerprint density at radius 3 is 2.83 bits per heavy atom. The van der Waals surface area contributed by atoms with Crippen LogP contribution in [0, 0.1) is 0 Å². The van der Waals surface area contributed by atoms with Crippen molar-refractivity contribution >= 4 is 29.9 Å². The van der Waals surface area contributed by atoms with E-state index in [-0.39, 0.29) is 30.1 Å². The van der Waals surface area contributed by atoms with Crippen LogP contribution in [-0.4, -0.2) is 53.5 Å². The highest BCUT2D eigenvalue weighted by molar-refractivity contribution is 14.0. The molecule has 7 nitrogen and oxygen atoms in total. The lowest BCUT2D eigenvalue weighted by molar-refractivity contribution is -0.00805. The smallest absolute Gasteiger partial charge is 0.194 e. The summed E-state index contributed by atoms with van der Waals surface area (Å²) in [5.41, 5.74) is 2.26. The van der Waals surface area contributed by atoms with Gasteiger partial charge in [0.25, 0.3) is 0 Å². The van der Waals surface area contributed by atoms with E-state index in [0.29, 0.717) is 19.3 Å². The normalized spacial score (nSPS) is 20.1. The molecule has 1 saturated heterocycles. The molecule has 2 aromatic rings. The SMILES string of the molecule is CN=C(NCc1ccccc1OC1CCCC1)N1CCOC(c2cnn(C)c2)C1.I. The number of guanidine groups is 1. The van der Waals surface area contributed by atoms with Gasteiger partial charge in [-0.05, 0) is 31.7 Å². The second kappa shape index (κ2) is 11.0. The average Bonchev–Trinajstić information content (AvgIpc) is 3.42. The van der Waals surface area contributed by atoms with Crippen molar-refractivity contribution in [3.05, 3.63) is 47.8 Å². The van der Waals surface area contributed by atoms with Gasteiger partial charge in [0.1, 0.15) is 11.9 Å². The van der Waals surface area contributed by atoms with E-state index < -0.39 is 0 Å². The van der Waals surface area contributed by atoms with E-state index in [1.54, 1.807) is 0 Å². The number of aryl methyl sites for hydroxylation is 1. The number of morpholine rings is 1. The van der Waals surface area contributed by atoms with Gasteiger partial charge in [0.2, 0.25) is 0 Å². The monoisotopic (exact) mass is 525 g/mol. The van der Waals surface area contributed by atoms with Crippen LogP contribution in [0.5, 0.6) is 5.75 Å². The highest BCUT2D eigenvalue weighted by Crippen LogP contribution is 2.27. The number of hydrogen-bond donors (Lipinski definition) is 1. The molecule has 1 aromatic carbocycles. The van der Waals surface area contributed by atoms with Crippen LogP contribution in [-0.2, 0) is 18.3 Å². The van der Waals surface area contributed by atoms with E-state index >= 15 is 0 Å². The molecule has 1 atom stereocenters. The Balaban J connectivity index is 0.00000256. The van der Waals surface area contributed by atoms with Crippen LogP contribution in [0.15, 0.2) is 41.7 Å². The summed E-state index contributed by atoms with van der Waals surface area (Å²) < 4.78 is 14.0. The quantitative estimate of drug-likeness (QED) is 0.368. The standard InChI is InChI=1S/C22H31N5O2.HI/c1-23-22(27-11-12-28-21(16-27)18-14-25-26(2)15-18)24-13-17-7-3-6-10-20(17)29-19-8-4-5-9-19;/h3,6-7,10,14-15,19,21H,4-5,8-9,11-13,16H2,1-2H3,(H,23,24);1H. The van der Waals surface area contributed by atoms with Crippen molar-refractivity contribution in [2.24, 2.45) is 12.0 Å². The van der Waals surface area contributed by atoms with E-state index in [1.165, 1.54) is 12.8 Å². The molecule has 1 unspecified atom stereocenters. The number of para-hydroxylation sites is 1. The van der Waals surface area contributed by atoms with Crippen molar-refractivity contribution in [3.63, 3.8) is 0 Å². The van der Waals surface area contributed by atoms with Gasteiger partial charge in [0, 0.05) is 44.5 Å². The fraction of sp³-hybridized carbons (Fsp3) is 0.545. The summed E-state index contributed by atoms with van der Waals surface area (Å²) in [5.74, 6) is 1.87. The van der Waals surface area contributed by atoms with Crippen molar-refractivity contribution < 1.29 is 9.47 Å². The van der Waals surface area contributed by atoms with Gasteiger partial charge in [-0.1, -0.05) is 18.2 Å². The molecule has 1 N–H and O–H groups in total. The predicted molar refractivity (Wildman–Crippen MR) is 128 cm³/mol. The third-order valence-electron chi connectivity index (χ3n) is 5.68. The molecule has 0 bridgehead atoms. The number of ether oxygens (including phenoxy) is 2. The molecular weight excluding hydrogens is 493 g/mol. The first-order valence-electron chi connectivity index (χ1n) is 10.5. The maximum Gasteiger partial charge on any atom is 0.194 e. The van der Waals surface area contributed by atoms with Crippen LogP contribution in [0.25, 0.3) is 0 Å². The topological polar surface area (TPSA) is 63.9 Å². The largest absolute Gasteiger partial charge is 0.490 e. The third kappa shape index (κ3) is 5.66. The van der Waals surface area contributed by atoms with Gasteiger partial charge in [-0.3, -0.25) is 9.67 Å². The minimum absolute atomic E-state index is 0. The molecule has 2 fully saturated rings. The summed E-state index contributed by atoms with van der Waals surface area (Å²) in [7, 11) is 3.76. The lowest BCUT2D eigenvalue weighted by atomic mass is 10.1. The van der Waals surface area contributed by atoms with Crippen molar-refractivity contribution in [2.45, 2.75) is 44.4 Å². The summed E-state index contributed by atoms with van der Waals surface area (Å²) in [6.45, 7) is 2.92. The lowest BCUT2D eigenvalue weighted by Gasteiger charge is -2.34. The molecule has 4 rings (SSSR count). The predicted octanol–water partition coefficient (Wildman–Crippen LogP) is 3.51. The molecule has 164 valence electrons. The third-order valence-corrected chi connectivity index (χ3v) is 5.68. The first-order chi connectivity index (χ1) is 14.2. The maximum absolute atomic E-state index is 6.27. The van der Waals surface area contributed by atoms with E-state index in [9.17, 15) is 0 Å². The molecule has 2 aliphatic rings. The zero-order valence-corrected chi connectivity index (χ0v) is 20.1. The Bertz CT molecular complexity index is 834. The van der Waals surface area contributed by atoms with Crippen LogP contribution in [0.1, 0.15) is 42.9 Å². The number of aliphatic imine (C=N–C) groups is 1. The molecule has 1 aromatic heterocycles. The van der Waals surface area contributed by atoms with Gasteiger partial charge in [0.15, 0.2) is 5.96 Å². The molecule has 0 spiro atoms. The van der Waals surface area contributed by atoms with Crippen LogP contribution < -0.4 is 10.1 Å². The number of aromatic nitrogens is 2. The summed E-state index contributed by atoms with van der Waals surface area (Å²) in [6, 6.07) is 8.31. The number of rotatable bonds is 5. The number of nitrogens with one attached hydrogen (secondary N) is 1. The fourth-order valence-corrected chi connectivity index (χ4v) is 4.11. The van der Waals surface area contributed by atoms with Gasteiger partial charge in [0.05, 0.1) is 25.5 Å². The van der Waals surface area contributed by atoms with E-state index in [0.717, 1.165) is 48.8 Å². The second-order valence-corrected chi connectivity index (χ2v) is 7.79. The molecule has 0 amide bonds. The first-order valence-corrected chi connectivity index (χ1v) is 10.5. The van der Waals surface area contributed by atoms with E-state index in [4.69, 9.17) is 9.47 Å². The van der Waals surface area contributed by atoms with E-state index in [1.807, 2.05) is 37.2 Å². The zero-order valence-electron chi connectivity index (χ0n) is 17.8. The number of hydrogen-bond acceptors (Lipinski definition) is 4. The Labute approximate surface area is 195 Å². The minimum Gasteiger partial charge on any atom is -0.490 e. The summed E-state index contributed by atoms with van der Waals surface area (Å²) in [6.07, 6.45) is 9.12. The van der Waals surface area contributed by atoms with Gasteiger partial charge >= 0.3 is 0 Å². The summed E-state index contributed by atoms with van der Waals surface area (Å²) >= 11 is 0. The van der Waals surface area contributed by atoms with Crippen LogP contribution in [0.2, 0.25) is 0 Å². The first kappa shape index (κ1) is 22.9. The molecule has 30 heavy (non-hydrogen) atoms. The Morgan fingerprint density at radius 2 is 2.10 bits per heavy atom. The van der Waals surface area contributed by atoms with Gasteiger partial charge in [-0.15, -0.1) is 24.0 Å². The van der Waals surface area contributed by atoms with Gasteiger partial charge in [-0.25, -0.2) is 0 Å². The molecule has 1 saturated carbocycles. The molecule has 0 radical (unpaired) electrons. The molecule has 8 heteroatoms. The molecule has 2 heterocycles. The zero-order chi connectivity index (χ0) is 20.1. The van der Waals surface area contributed by atoms with Crippen LogP contribution in [0.4, 0.5) is 0 Å². The fourth-order valence-electron chi connectivity index (χ4n) is 4.11. The Kier molecular flexibility index (Phi) is 8.38. The number of halogens is 1. The maximum atomic E-state index is 6.27. The Hall–Kier alpha value is -1.81. The summed E-state index contributed by atoms with van der Waals surface area (Å²) in [5, 5.41) is 7.79. The number of nitrogens with zero attached hydrogens (tertiary/aromatic N) is 4. The van der Waals surface area contributed by atoms with Gasteiger partial charge in [-0.2, -0.15) is 5.10 Å². The van der Waals surface area contributed by atoms with Crippen molar-refractivity contribution in [1.82, 2.24) is 20.0 Å². The average molecular weight is 525 g/mol. The highest BCUT2D eigenvalue weighted by atomic mass is 127. The van der Waals surface area contributed by atoms with Crippen molar-refractivity contribution in [3.8, 4) is 5.75 Å². The van der Waals surface area contributed by atoms with Gasteiger partial charge < -0.3 is 19.7 Å². The molecular formula is C22H32IN5O2. The summed E-state index contributed by atoms with van der Waals surface area (Å²) in [4.78, 5) is 6.76. The minimum atomic E-state index is 0. The van der Waals surface area contributed by atoms with Crippen LogP contribution >= 0.6 is 24.0 Å². The highest BCUT2D eigenvalue weighted by Gasteiger charge is 2.25. The van der Waals surface area contributed by atoms with E-state index in [2.05, 4.69) is 38.5 Å². The van der Waals surface area contributed by atoms with Crippen molar-refractivity contribution in [1.29, 1.82) is 0 Å². The number of benzene rings is 1. The lowest BCUT2D eigenvalue weighted by Crippen LogP contribution is -2.47. The second-order valence-electron chi connectivity index (χ2n) is 7.79. The molecule has 1 aliphatic heterocycles. The Morgan fingerprint density at radius 1 is 1.30 bits per heavy atom. The molecule has 1 aliphatic carbocycles.